The maximum atomic E-state index is 12.6. The van der Waals surface area contributed by atoms with Crippen molar-refractivity contribution in [2.24, 2.45) is 0 Å². The molecule has 6 heteroatoms. The van der Waals surface area contributed by atoms with Gasteiger partial charge in [0.2, 0.25) is 0 Å². The summed E-state index contributed by atoms with van der Waals surface area (Å²) in [7, 11) is 0. The van der Waals surface area contributed by atoms with Crippen LogP contribution in [0.25, 0.3) is 11.2 Å². The van der Waals surface area contributed by atoms with Crippen LogP contribution in [0.4, 0.5) is 0 Å². The topological polar surface area (TPSA) is 90.9 Å². The average Bonchev–Trinajstić information content (AvgIpc) is 3.26. The molecule has 0 bridgehead atoms. The SMILES string of the molecule is CCCC(C)(O)C(C)NC(=O)c1c[nH]c2ncc(C3CC3)nc12. The second-order valence-electron chi connectivity index (χ2n) is 6.77. The van der Waals surface area contributed by atoms with Crippen LogP contribution in [0.1, 0.15) is 68.4 Å². The molecule has 23 heavy (non-hydrogen) atoms. The van der Waals surface area contributed by atoms with Crippen LogP contribution in [-0.4, -0.2) is 37.6 Å². The van der Waals surface area contributed by atoms with Crippen LogP contribution in [-0.2, 0) is 0 Å². The minimum atomic E-state index is -0.929. The molecule has 2 atom stereocenters. The first-order chi connectivity index (χ1) is 10.9. The van der Waals surface area contributed by atoms with E-state index in [1.54, 1.807) is 19.3 Å². The number of aromatic nitrogens is 3. The summed E-state index contributed by atoms with van der Waals surface area (Å²) in [6, 6.07) is -0.348. The lowest BCUT2D eigenvalue weighted by Gasteiger charge is -2.30. The van der Waals surface area contributed by atoms with Crippen LogP contribution >= 0.6 is 0 Å². The van der Waals surface area contributed by atoms with Gasteiger partial charge in [-0.2, -0.15) is 0 Å². The van der Waals surface area contributed by atoms with Crippen molar-refractivity contribution >= 4 is 17.1 Å². The molecule has 0 aromatic carbocycles. The van der Waals surface area contributed by atoms with E-state index in [4.69, 9.17) is 0 Å². The van der Waals surface area contributed by atoms with E-state index in [1.807, 2.05) is 13.8 Å². The van der Waals surface area contributed by atoms with Crippen LogP contribution in [0.2, 0.25) is 0 Å². The first-order valence-corrected chi connectivity index (χ1v) is 8.29. The van der Waals surface area contributed by atoms with Crippen molar-refractivity contribution < 1.29 is 9.90 Å². The standard InChI is InChI=1S/C17H24N4O2/c1-4-7-17(3,23)10(2)20-16(22)12-8-18-15-14(12)21-13(9-19-15)11-5-6-11/h8-11,23H,4-7H2,1-3H3,(H,18,19)(H,20,22). The fourth-order valence-electron chi connectivity index (χ4n) is 2.81. The number of rotatable bonds is 6. The van der Waals surface area contributed by atoms with Crippen molar-refractivity contribution in [1.82, 2.24) is 20.3 Å². The Bertz CT molecular complexity index is 718. The maximum Gasteiger partial charge on any atom is 0.255 e. The fourth-order valence-corrected chi connectivity index (χ4v) is 2.81. The molecule has 2 heterocycles. The summed E-state index contributed by atoms with van der Waals surface area (Å²) in [5.74, 6) is 0.254. The van der Waals surface area contributed by atoms with Gasteiger partial charge in [-0.15, -0.1) is 0 Å². The van der Waals surface area contributed by atoms with Crippen molar-refractivity contribution in [3.63, 3.8) is 0 Å². The van der Waals surface area contributed by atoms with Gasteiger partial charge in [0.25, 0.3) is 5.91 Å². The van der Waals surface area contributed by atoms with E-state index in [0.717, 1.165) is 25.0 Å². The average molecular weight is 316 g/mol. The Morgan fingerprint density at radius 2 is 2.30 bits per heavy atom. The molecule has 1 aliphatic carbocycles. The Labute approximate surface area is 135 Å². The smallest absolute Gasteiger partial charge is 0.255 e. The Kier molecular flexibility index (Phi) is 4.10. The predicted molar refractivity (Wildman–Crippen MR) is 88.3 cm³/mol. The number of carbonyl (C=O) groups excluding carboxylic acids is 1. The summed E-state index contributed by atoms with van der Waals surface area (Å²) in [5, 5.41) is 13.3. The molecule has 1 amide bonds. The zero-order valence-corrected chi connectivity index (χ0v) is 13.9. The van der Waals surface area contributed by atoms with Gasteiger partial charge in [-0.05, 0) is 33.1 Å². The summed E-state index contributed by atoms with van der Waals surface area (Å²) in [6.07, 6.45) is 7.20. The number of fused-ring (bicyclic) bond motifs is 1. The predicted octanol–water partition coefficient (Wildman–Crippen LogP) is 2.50. The van der Waals surface area contributed by atoms with Gasteiger partial charge in [0.05, 0.1) is 29.1 Å². The van der Waals surface area contributed by atoms with E-state index >= 15 is 0 Å². The summed E-state index contributed by atoms with van der Waals surface area (Å²) in [4.78, 5) is 24.5. The van der Waals surface area contributed by atoms with Gasteiger partial charge < -0.3 is 15.4 Å². The molecule has 3 rings (SSSR count). The Morgan fingerprint density at radius 1 is 1.57 bits per heavy atom. The van der Waals surface area contributed by atoms with Gasteiger partial charge in [-0.25, -0.2) is 9.97 Å². The highest BCUT2D eigenvalue weighted by Crippen LogP contribution is 2.39. The molecule has 3 N–H and O–H groups in total. The van der Waals surface area contributed by atoms with Crippen LogP contribution in [0.3, 0.4) is 0 Å². The minimum absolute atomic E-state index is 0.234. The minimum Gasteiger partial charge on any atom is -0.388 e. The Hall–Kier alpha value is -1.95. The quantitative estimate of drug-likeness (QED) is 0.763. The van der Waals surface area contributed by atoms with Gasteiger partial charge in [0.1, 0.15) is 5.52 Å². The number of hydrogen-bond acceptors (Lipinski definition) is 4. The van der Waals surface area contributed by atoms with Crippen LogP contribution in [0, 0.1) is 0 Å². The second kappa shape index (κ2) is 5.92. The fraction of sp³-hybridized carbons (Fsp3) is 0.588. The van der Waals surface area contributed by atoms with Crippen molar-refractivity contribution in [2.75, 3.05) is 0 Å². The first-order valence-electron chi connectivity index (χ1n) is 8.29. The maximum absolute atomic E-state index is 12.6. The van der Waals surface area contributed by atoms with Gasteiger partial charge >= 0.3 is 0 Å². The monoisotopic (exact) mass is 316 g/mol. The largest absolute Gasteiger partial charge is 0.388 e. The number of hydrogen-bond donors (Lipinski definition) is 3. The number of nitrogens with zero attached hydrogens (tertiary/aromatic N) is 2. The van der Waals surface area contributed by atoms with Crippen molar-refractivity contribution in [3.05, 3.63) is 23.7 Å². The molecule has 2 aromatic rings. The van der Waals surface area contributed by atoms with Crippen LogP contribution in [0.15, 0.2) is 12.4 Å². The van der Waals surface area contributed by atoms with E-state index < -0.39 is 5.60 Å². The molecule has 1 saturated carbocycles. The number of aromatic amines is 1. The zero-order chi connectivity index (χ0) is 16.6. The molecule has 0 spiro atoms. The van der Waals surface area contributed by atoms with Crippen molar-refractivity contribution in [1.29, 1.82) is 0 Å². The lowest BCUT2D eigenvalue weighted by Crippen LogP contribution is -2.49. The number of aliphatic hydroxyl groups is 1. The third-order valence-electron chi connectivity index (χ3n) is 4.68. The van der Waals surface area contributed by atoms with E-state index in [0.29, 0.717) is 29.1 Å². The molecule has 2 aromatic heterocycles. The number of carbonyl (C=O) groups is 1. The highest BCUT2D eigenvalue weighted by atomic mass is 16.3. The molecule has 124 valence electrons. The molecular weight excluding hydrogens is 292 g/mol. The summed E-state index contributed by atoms with van der Waals surface area (Å²) in [6.45, 7) is 5.59. The Balaban J connectivity index is 1.82. The van der Waals surface area contributed by atoms with Crippen LogP contribution < -0.4 is 5.32 Å². The lowest BCUT2D eigenvalue weighted by molar-refractivity contribution is 0.0163. The number of nitrogens with one attached hydrogen (secondary N) is 2. The number of amides is 1. The van der Waals surface area contributed by atoms with E-state index in [2.05, 4.69) is 20.3 Å². The Morgan fingerprint density at radius 3 is 2.96 bits per heavy atom. The summed E-state index contributed by atoms with van der Waals surface area (Å²) >= 11 is 0. The van der Waals surface area contributed by atoms with Gasteiger partial charge in [0, 0.05) is 12.1 Å². The summed E-state index contributed by atoms with van der Waals surface area (Å²) in [5.41, 5.74) is 1.73. The normalized spacial score (nSPS) is 18.6. The van der Waals surface area contributed by atoms with E-state index in [9.17, 15) is 9.90 Å². The van der Waals surface area contributed by atoms with Crippen LogP contribution in [0.5, 0.6) is 0 Å². The molecular formula is C17H24N4O2. The molecule has 0 aliphatic heterocycles. The van der Waals surface area contributed by atoms with Crippen molar-refractivity contribution in [2.45, 2.75) is 64.0 Å². The molecule has 0 saturated heterocycles. The van der Waals surface area contributed by atoms with Gasteiger partial charge in [0.15, 0.2) is 5.65 Å². The molecule has 1 fully saturated rings. The zero-order valence-electron chi connectivity index (χ0n) is 13.9. The van der Waals surface area contributed by atoms with E-state index in [1.165, 1.54) is 0 Å². The van der Waals surface area contributed by atoms with Crippen molar-refractivity contribution in [3.8, 4) is 0 Å². The highest BCUT2D eigenvalue weighted by Gasteiger charge is 2.30. The lowest BCUT2D eigenvalue weighted by atomic mass is 9.92. The third-order valence-corrected chi connectivity index (χ3v) is 4.68. The van der Waals surface area contributed by atoms with Gasteiger partial charge in [-0.1, -0.05) is 13.3 Å². The molecule has 0 radical (unpaired) electrons. The van der Waals surface area contributed by atoms with Gasteiger partial charge in [-0.3, -0.25) is 4.79 Å². The first kappa shape index (κ1) is 15.9. The molecule has 2 unspecified atom stereocenters. The molecule has 6 nitrogen and oxygen atoms in total. The summed E-state index contributed by atoms with van der Waals surface area (Å²) < 4.78 is 0. The van der Waals surface area contributed by atoms with E-state index in [-0.39, 0.29) is 11.9 Å². The highest BCUT2D eigenvalue weighted by molar-refractivity contribution is 6.04. The molecule has 1 aliphatic rings. The third kappa shape index (κ3) is 3.22. The second-order valence-corrected chi connectivity index (χ2v) is 6.77. The number of H-pyrrole nitrogens is 1.